The largest absolute Gasteiger partial charge is 0.494 e. The van der Waals surface area contributed by atoms with Crippen LogP contribution in [0.3, 0.4) is 0 Å². The second-order valence-electron chi connectivity index (χ2n) is 3.78. The van der Waals surface area contributed by atoms with Crippen LogP contribution in [0.2, 0.25) is 0 Å². The predicted molar refractivity (Wildman–Crippen MR) is 63.4 cm³/mol. The van der Waals surface area contributed by atoms with Gasteiger partial charge in [0.05, 0.1) is 6.61 Å². The Hall–Kier alpha value is -1.84. The van der Waals surface area contributed by atoms with Crippen LogP contribution >= 0.6 is 0 Å². The van der Waals surface area contributed by atoms with Gasteiger partial charge >= 0.3 is 5.97 Å². The molecule has 17 heavy (non-hydrogen) atoms. The number of carbonyl (C=O) groups is 2. The van der Waals surface area contributed by atoms with Crippen molar-refractivity contribution in [3.05, 3.63) is 29.8 Å². The summed E-state index contributed by atoms with van der Waals surface area (Å²) < 4.78 is 5.43. The lowest BCUT2D eigenvalue weighted by Gasteiger charge is -2.06. The molecule has 0 bridgehead atoms. The molecule has 0 fully saturated rings. The Kier molecular flexibility index (Phi) is 5.20. The first kappa shape index (κ1) is 13.2. The molecule has 4 heteroatoms. The molecule has 0 atom stereocenters. The summed E-state index contributed by atoms with van der Waals surface area (Å²) in [6.07, 6.45) is 1.45. The van der Waals surface area contributed by atoms with Crippen molar-refractivity contribution in [1.29, 1.82) is 0 Å². The third-order valence-electron chi connectivity index (χ3n) is 2.29. The van der Waals surface area contributed by atoms with Crippen molar-refractivity contribution in [2.24, 2.45) is 0 Å². The smallest absolute Gasteiger partial charge is 0.303 e. The first-order valence-electron chi connectivity index (χ1n) is 5.55. The second-order valence-corrected chi connectivity index (χ2v) is 3.78. The number of benzene rings is 1. The third-order valence-corrected chi connectivity index (χ3v) is 2.29. The average molecular weight is 236 g/mol. The van der Waals surface area contributed by atoms with Gasteiger partial charge < -0.3 is 9.84 Å². The van der Waals surface area contributed by atoms with E-state index in [0.717, 1.165) is 0 Å². The minimum atomic E-state index is -0.788. The van der Waals surface area contributed by atoms with Gasteiger partial charge in [0, 0.05) is 12.0 Å². The SMILES string of the molecule is CC(=O)c1cccc(OCCCCC(=O)O)c1. The molecule has 1 aromatic rings. The Balaban J connectivity index is 2.34. The normalized spacial score (nSPS) is 9.94. The number of hydrogen-bond donors (Lipinski definition) is 1. The zero-order valence-electron chi connectivity index (χ0n) is 9.81. The lowest BCUT2D eigenvalue weighted by Crippen LogP contribution is -2.01. The number of ketones is 1. The van der Waals surface area contributed by atoms with Crippen LogP contribution in [0.25, 0.3) is 0 Å². The van der Waals surface area contributed by atoms with Gasteiger partial charge in [0.1, 0.15) is 5.75 Å². The number of ether oxygens (including phenoxy) is 1. The molecular weight excluding hydrogens is 220 g/mol. The van der Waals surface area contributed by atoms with Gasteiger partial charge in [-0.15, -0.1) is 0 Å². The van der Waals surface area contributed by atoms with E-state index in [-0.39, 0.29) is 12.2 Å². The Morgan fingerprint density at radius 2 is 2.06 bits per heavy atom. The Morgan fingerprint density at radius 3 is 2.71 bits per heavy atom. The number of Topliss-reactive ketones (excluding diaryl/α,β-unsaturated/α-hetero) is 1. The van der Waals surface area contributed by atoms with Gasteiger partial charge in [0.15, 0.2) is 5.78 Å². The summed E-state index contributed by atoms with van der Waals surface area (Å²) in [4.78, 5) is 21.4. The summed E-state index contributed by atoms with van der Waals surface area (Å²) >= 11 is 0. The third kappa shape index (κ3) is 5.15. The van der Waals surface area contributed by atoms with Crippen LogP contribution in [0.5, 0.6) is 5.75 Å². The Bertz CT molecular complexity index is 398. The van der Waals surface area contributed by atoms with Gasteiger partial charge in [-0.25, -0.2) is 0 Å². The van der Waals surface area contributed by atoms with Crippen LogP contribution in [-0.4, -0.2) is 23.5 Å². The van der Waals surface area contributed by atoms with Crippen molar-refractivity contribution in [3.63, 3.8) is 0 Å². The molecule has 0 aliphatic heterocycles. The highest BCUT2D eigenvalue weighted by atomic mass is 16.5. The topological polar surface area (TPSA) is 63.6 Å². The molecule has 0 heterocycles. The van der Waals surface area contributed by atoms with Crippen molar-refractivity contribution >= 4 is 11.8 Å². The van der Waals surface area contributed by atoms with E-state index >= 15 is 0 Å². The van der Waals surface area contributed by atoms with E-state index in [9.17, 15) is 9.59 Å². The van der Waals surface area contributed by atoms with Gasteiger partial charge in [0.2, 0.25) is 0 Å². The fourth-order valence-electron chi connectivity index (χ4n) is 1.37. The monoisotopic (exact) mass is 236 g/mol. The quantitative estimate of drug-likeness (QED) is 0.583. The first-order valence-corrected chi connectivity index (χ1v) is 5.55. The van der Waals surface area contributed by atoms with Crippen molar-refractivity contribution < 1.29 is 19.4 Å². The van der Waals surface area contributed by atoms with Crippen molar-refractivity contribution in [1.82, 2.24) is 0 Å². The maximum atomic E-state index is 11.1. The Labute approximate surface area is 100 Å². The van der Waals surface area contributed by atoms with Crippen molar-refractivity contribution in [2.75, 3.05) is 6.61 Å². The minimum Gasteiger partial charge on any atom is -0.494 e. The first-order chi connectivity index (χ1) is 8.09. The summed E-state index contributed by atoms with van der Waals surface area (Å²) in [5.74, 6) is -0.141. The van der Waals surface area contributed by atoms with Crippen LogP contribution in [0.1, 0.15) is 36.5 Å². The van der Waals surface area contributed by atoms with Gasteiger partial charge in [0.25, 0.3) is 0 Å². The molecule has 0 aliphatic carbocycles. The number of carboxylic acids is 1. The minimum absolute atomic E-state index is 0.00123. The molecule has 0 unspecified atom stereocenters. The zero-order valence-corrected chi connectivity index (χ0v) is 9.81. The van der Waals surface area contributed by atoms with Crippen LogP contribution in [0, 0.1) is 0 Å². The molecule has 0 radical (unpaired) electrons. The molecule has 92 valence electrons. The van der Waals surface area contributed by atoms with E-state index in [1.807, 2.05) is 0 Å². The lowest BCUT2D eigenvalue weighted by molar-refractivity contribution is -0.137. The van der Waals surface area contributed by atoms with Crippen LogP contribution in [-0.2, 0) is 4.79 Å². The number of unbranched alkanes of at least 4 members (excludes halogenated alkanes) is 1. The second kappa shape index (κ2) is 6.68. The molecule has 0 spiro atoms. The molecule has 1 aromatic carbocycles. The molecule has 1 rings (SSSR count). The molecular formula is C13H16O4. The summed E-state index contributed by atoms with van der Waals surface area (Å²) in [6.45, 7) is 1.97. The van der Waals surface area contributed by atoms with E-state index in [1.54, 1.807) is 24.3 Å². The summed E-state index contributed by atoms with van der Waals surface area (Å²) in [6, 6.07) is 6.98. The maximum absolute atomic E-state index is 11.1. The highest BCUT2D eigenvalue weighted by Crippen LogP contribution is 2.14. The van der Waals surface area contributed by atoms with E-state index in [0.29, 0.717) is 30.8 Å². The maximum Gasteiger partial charge on any atom is 0.303 e. The van der Waals surface area contributed by atoms with Crippen LogP contribution in [0.4, 0.5) is 0 Å². The van der Waals surface area contributed by atoms with E-state index in [1.165, 1.54) is 6.92 Å². The van der Waals surface area contributed by atoms with E-state index in [4.69, 9.17) is 9.84 Å². The average Bonchev–Trinajstić information content (AvgIpc) is 2.28. The van der Waals surface area contributed by atoms with Gasteiger partial charge in [-0.05, 0) is 31.9 Å². The predicted octanol–water partition coefficient (Wildman–Crippen LogP) is 2.52. The molecule has 0 aromatic heterocycles. The zero-order chi connectivity index (χ0) is 12.7. The van der Waals surface area contributed by atoms with Crippen LogP contribution in [0.15, 0.2) is 24.3 Å². The molecule has 4 nitrogen and oxygen atoms in total. The van der Waals surface area contributed by atoms with Crippen molar-refractivity contribution in [2.45, 2.75) is 26.2 Å². The lowest BCUT2D eigenvalue weighted by atomic mass is 10.1. The highest BCUT2D eigenvalue weighted by Gasteiger charge is 2.01. The van der Waals surface area contributed by atoms with Gasteiger partial charge in [-0.2, -0.15) is 0 Å². The Morgan fingerprint density at radius 1 is 1.29 bits per heavy atom. The van der Waals surface area contributed by atoms with Gasteiger partial charge in [-0.3, -0.25) is 9.59 Å². The molecule has 0 saturated carbocycles. The molecule has 0 aliphatic rings. The summed E-state index contributed by atoms with van der Waals surface area (Å²) in [5, 5.41) is 8.45. The standard InChI is InChI=1S/C13H16O4/c1-10(14)11-5-4-6-12(9-11)17-8-3-2-7-13(15)16/h4-6,9H,2-3,7-8H2,1H3,(H,15,16). The molecule has 1 N–H and O–H groups in total. The van der Waals surface area contributed by atoms with Crippen molar-refractivity contribution in [3.8, 4) is 5.75 Å². The summed E-state index contributed by atoms with van der Waals surface area (Å²) in [7, 11) is 0. The van der Waals surface area contributed by atoms with E-state index in [2.05, 4.69) is 0 Å². The molecule has 0 saturated heterocycles. The number of aliphatic carboxylic acids is 1. The van der Waals surface area contributed by atoms with Gasteiger partial charge in [-0.1, -0.05) is 12.1 Å². The number of carboxylic acid groups (broad SMARTS) is 1. The fourth-order valence-corrected chi connectivity index (χ4v) is 1.37. The number of hydrogen-bond acceptors (Lipinski definition) is 3. The fraction of sp³-hybridized carbons (Fsp3) is 0.385. The highest BCUT2D eigenvalue weighted by molar-refractivity contribution is 5.94. The number of rotatable bonds is 7. The number of carbonyl (C=O) groups excluding carboxylic acids is 1. The van der Waals surface area contributed by atoms with Crippen LogP contribution < -0.4 is 4.74 Å². The summed E-state index contributed by atoms with van der Waals surface area (Å²) in [5.41, 5.74) is 0.619. The van der Waals surface area contributed by atoms with E-state index < -0.39 is 5.97 Å². The molecule has 0 amide bonds.